The molecule has 0 saturated carbocycles. The largest absolute Gasteiger partial charge is 0.508 e. The minimum atomic E-state index is -0.342. The van der Waals surface area contributed by atoms with E-state index in [9.17, 15) is 19.4 Å². The summed E-state index contributed by atoms with van der Waals surface area (Å²) < 4.78 is 47.0. The number of aromatic nitrogens is 2. The van der Waals surface area contributed by atoms with Gasteiger partial charge in [-0.2, -0.15) is 0 Å². The number of rotatable bonds is 19. The second-order valence-corrected chi connectivity index (χ2v) is 21.2. The van der Waals surface area contributed by atoms with Crippen molar-refractivity contribution in [1.29, 1.82) is 0 Å². The Morgan fingerprint density at radius 2 is 1.12 bits per heavy atom. The highest BCUT2D eigenvalue weighted by atomic mass is 19.1. The third-order valence-corrected chi connectivity index (χ3v) is 16.1. The van der Waals surface area contributed by atoms with Gasteiger partial charge in [0.05, 0.1) is 24.2 Å². The standard InChI is InChI=1S/C32H40FN3O3.C31H38FN3O3/c1-3-36(22-23-7-13-30(28(33)19-23)39-18-17-35-15-5-4-6-16-35)29-12-14-31(38-2)34-32(29)26-9-8-25-21-27(37)11-10-24(25)20-26;1-2-35(21-22-6-12-29(27(32)18-22)38-17-16-34-14-4-3-5-15-34)28-11-13-30(37)33-31(28)25-8-7-24-20-26(36)10-9-23(24)19-25/h7,10-14,19,21,26,37H,3-6,8-9,15-18,20,22H2,1-2H3;6,9-13,18,20,25,36H,2-5,7-8,14-17,19,21H2,1H3,(H,33,37). The number of H-pyrrole nitrogens is 1. The van der Waals surface area contributed by atoms with Gasteiger partial charge in [0.15, 0.2) is 23.1 Å². The summed E-state index contributed by atoms with van der Waals surface area (Å²) in [6, 6.07) is 29.2. The van der Waals surface area contributed by atoms with Crippen LogP contribution >= 0.6 is 0 Å². The van der Waals surface area contributed by atoms with Crippen molar-refractivity contribution in [2.45, 2.75) is 116 Å². The van der Waals surface area contributed by atoms with E-state index in [-0.39, 0.29) is 29.0 Å². The van der Waals surface area contributed by atoms with Crippen LogP contribution in [0.1, 0.15) is 122 Å². The van der Waals surface area contributed by atoms with Gasteiger partial charge >= 0.3 is 0 Å². The number of phenols is 2. The number of pyridine rings is 2. The Kier molecular flexibility index (Phi) is 19.1. The molecule has 12 nitrogen and oxygen atoms in total. The van der Waals surface area contributed by atoms with Gasteiger partial charge in [0.25, 0.3) is 0 Å². The Labute approximate surface area is 453 Å². The molecule has 3 N–H and O–H groups in total. The molecular formula is C63H78F2N6O6. The average molecular weight is 1050 g/mol. The highest BCUT2D eigenvalue weighted by molar-refractivity contribution is 5.56. The van der Waals surface area contributed by atoms with Crippen LogP contribution in [-0.2, 0) is 38.8 Å². The Morgan fingerprint density at radius 3 is 1.64 bits per heavy atom. The minimum absolute atomic E-state index is 0.117. The Hall–Kier alpha value is -6.64. The molecule has 0 spiro atoms. The molecule has 14 heteroatoms. The monoisotopic (exact) mass is 1050 g/mol. The molecule has 0 radical (unpaired) electrons. The summed E-state index contributed by atoms with van der Waals surface area (Å²) in [6.45, 7) is 13.8. The second kappa shape index (κ2) is 26.6. The van der Waals surface area contributed by atoms with Gasteiger partial charge in [0.1, 0.15) is 24.7 Å². The molecule has 6 aromatic rings. The number of fused-ring (bicyclic) bond motifs is 2. The molecule has 2 aliphatic carbocycles. The summed E-state index contributed by atoms with van der Waals surface area (Å²) in [7, 11) is 1.64. The molecular weight excluding hydrogens is 975 g/mol. The van der Waals surface area contributed by atoms with Crippen molar-refractivity contribution in [3.63, 3.8) is 0 Å². The first-order valence-electron chi connectivity index (χ1n) is 28.2. The van der Waals surface area contributed by atoms with Crippen LogP contribution in [0, 0.1) is 11.6 Å². The lowest BCUT2D eigenvalue weighted by Gasteiger charge is -2.31. The summed E-state index contributed by atoms with van der Waals surface area (Å²) in [4.78, 5) is 29.6. The zero-order valence-corrected chi connectivity index (χ0v) is 45.4. The number of hydrogen-bond acceptors (Lipinski definition) is 11. The lowest BCUT2D eigenvalue weighted by Crippen LogP contribution is -2.33. The van der Waals surface area contributed by atoms with Crippen LogP contribution in [0.4, 0.5) is 20.2 Å². The molecule has 77 heavy (non-hydrogen) atoms. The highest BCUT2D eigenvalue weighted by Crippen LogP contribution is 2.40. The number of likely N-dealkylation sites (tertiary alicyclic amines) is 2. The molecule has 4 aliphatic rings. The van der Waals surface area contributed by atoms with Crippen molar-refractivity contribution < 1.29 is 33.2 Å². The van der Waals surface area contributed by atoms with Gasteiger partial charge < -0.3 is 39.2 Å². The molecule has 2 saturated heterocycles. The molecule has 10 rings (SSSR count). The van der Waals surface area contributed by atoms with E-state index >= 15 is 4.39 Å². The summed E-state index contributed by atoms with van der Waals surface area (Å²) >= 11 is 0. The summed E-state index contributed by atoms with van der Waals surface area (Å²) in [6.07, 6.45) is 12.8. The molecule has 0 bridgehead atoms. The number of aromatic hydroxyl groups is 2. The smallest absolute Gasteiger partial charge is 0.248 e. The van der Waals surface area contributed by atoms with Crippen molar-refractivity contribution in [2.24, 2.45) is 0 Å². The first kappa shape index (κ1) is 55.1. The molecule has 2 fully saturated rings. The normalized spacial score (nSPS) is 17.6. The molecule has 2 aromatic heterocycles. The highest BCUT2D eigenvalue weighted by Gasteiger charge is 2.28. The van der Waals surface area contributed by atoms with Crippen molar-refractivity contribution in [2.75, 3.05) is 82.5 Å². The van der Waals surface area contributed by atoms with Crippen LogP contribution in [0.5, 0.6) is 28.9 Å². The predicted octanol–water partition coefficient (Wildman–Crippen LogP) is 11.5. The van der Waals surface area contributed by atoms with Crippen molar-refractivity contribution in [1.82, 2.24) is 19.8 Å². The lowest BCUT2D eigenvalue weighted by molar-refractivity contribution is 0.180. The van der Waals surface area contributed by atoms with Gasteiger partial charge in [0.2, 0.25) is 11.4 Å². The molecule has 4 aromatic carbocycles. The number of nitrogens with one attached hydrogen (secondary N) is 1. The van der Waals surface area contributed by atoms with E-state index in [0.29, 0.717) is 61.7 Å². The zero-order chi connectivity index (χ0) is 53.7. The Morgan fingerprint density at radius 1 is 0.610 bits per heavy atom. The number of aromatic amines is 1. The van der Waals surface area contributed by atoms with Gasteiger partial charge in [-0.05, 0) is 198 Å². The minimum Gasteiger partial charge on any atom is -0.508 e. The van der Waals surface area contributed by atoms with Crippen LogP contribution < -0.4 is 29.6 Å². The van der Waals surface area contributed by atoms with E-state index in [1.54, 1.807) is 49.6 Å². The third kappa shape index (κ3) is 14.5. The summed E-state index contributed by atoms with van der Waals surface area (Å²) in [5, 5.41) is 19.7. The number of nitrogens with zero attached hydrogens (tertiary/aromatic N) is 5. The fourth-order valence-corrected chi connectivity index (χ4v) is 11.8. The molecule has 410 valence electrons. The molecule has 0 amide bonds. The topological polar surface area (TPSA) is 127 Å². The van der Waals surface area contributed by atoms with Crippen molar-refractivity contribution >= 4 is 11.4 Å². The van der Waals surface area contributed by atoms with E-state index in [2.05, 4.69) is 44.5 Å². The molecule has 4 heterocycles. The number of aryl methyl sites for hydroxylation is 2. The zero-order valence-electron chi connectivity index (χ0n) is 45.4. The number of methoxy groups -OCH3 is 1. The van der Waals surface area contributed by atoms with Crippen LogP contribution in [0.3, 0.4) is 0 Å². The fourth-order valence-electron chi connectivity index (χ4n) is 11.8. The number of phenolic OH excluding ortho intramolecular Hbond substituents is 2. The van der Waals surface area contributed by atoms with Gasteiger partial charge in [-0.3, -0.25) is 14.6 Å². The number of benzene rings is 4. The average Bonchev–Trinajstić information content (AvgIpc) is 3.45. The van der Waals surface area contributed by atoms with Crippen LogP contribution in [0.25, 0.3) is 0 Å². The maximum atomic E-state index is 15.0. The molecule has 2 atom stereocenters. The Bertz CT molecular complexity index is 2960. The van der Waals surface area contributed by atoms with Crippen molar-refractivity contribution in [3.05, 3.63) is 164 Å². The van der Waals surface area contributed by atoms with Gasteiger partial charge in [0, 0.05) is 68.9 Å². The van der Waals surface area contributed by atoms with E-state index in [0.717, 1.165) is 118 Å². The first-order valence-corrected chi connectivity index (χ1v) is 28.2. The predicted molar refractivity (Wildman–Crippen MR) is 301 cm³/mol. The maximum Gasteiger partial charge on any atom is 0.248 e. The molecule has 2 aliphatic heterocycles. The SMILES string of the molecule is CCN(Cc1ccc(OCCN2CCCCC2)c(F)c1)c1ccc(=O)[nH]c1C1CCc2cc(O)ccc2C1.CCN(Cc1ccc(OCCN2CCCCC2)c(F)c1)c1ccc(OC)nc1C1CCc2cc(O)ccc2C1. The number of hydrogen-bond donors (Lipinski definition) is 3. The summed E-state index contributed by atoms with van der Waals surface area (Å²) in [5.41, 5.74) is 10.4. The quantitative estimate of drug-likeness (QED) is 0.0718. The Balaban J connectivity index is 0.000000188. The third-order valence-electron chi connectivity index (χ3n) is 16.1. The van der Waals surface area contributed by atoms with Crippen LogP contribution in [0.15, 0.2) is 102 Å². The van der Waals surface area contributed by atoms with E-state index < -0.39 is 0 Å². The van der Waals surface area contributed by atoms with E-state index in [1.165, 1.54) is 60.8 Å². The number of ether oxygens (including phenoxy) is 3. The fraction of sp³-hybridized carbons (Fsp3) is 0.460. The number of halogens is 2. The van der Waals surface area contributed by atoms with Gasteiger partial charge in [-0.15, -0.1) is 0 Å². The summed E-state index contributed by atoms with van der Waals surface area (Å²) in [5.74, 6) is 1.55. The van der Waals surface area contributed by atoms with Crippen LogP contribution in [-0.4, -0.2) is 103 Å². The van der Waals surface area contributed by atoms with E-state index in [1.807, 2.05) is 48.5 Å². The number of piperidine rings is 2. The van der Waals surface area contributed by atoms with Gasteiger partial charge in [-0.25, -0.2) is 13.8 Å². The maximum absolute atomic E-state index is 15.0. The van der Waals surface area contributed by atoms with E-state index in [4.69, 9.17) is 19.2 Å². The molecule has 2 unspecified atom stereocenters. The lowest BCUT2D eigenvalue weighted by atomic mass is 9.81. The second-order valence-electron chi connectivity index (χ2n) is 21.2. The van der Waals surface area contributed by atoms with Gasteiger partial charge in [-0.1, -0.05) is 37.1 Å². The first-order chi connectivity index (χ1) is 37.5. The number of anilines is 2. The van der Waals surface area contributed by atoms with Crippen LogP contribution in [0.2, 0.25) is 0 Å². The van der Waals surface area contributed by atoms with Crippen molar-refractivity contribution in [3.8, 4) is 28.9 Å².